The van der Waals surface area contributed by atoms with Crippen LogP contribution in [-0.2, 0) is 4.74 Å². The fraction of sp³-hybridized carbons (Fsp3) is 0.500. The molecule has 1 unspecified atom stereocenters. The van der Waals surface area contributed by atoms with Crippen molar-refractivity contribution < 1.29 is 14.1 Å². The number of methoxy groups -OCH3 is 1. The lowest BCUT2D eigenvalue weighted by Gasteiger charge is -2.22. The quantitative estimate of drug-likeness (QED) is 0.628. The van der Waals surface area contributed by atoms with E-state index in [-0.39, 0.29) is 17.6 Å². The topological polar surface area (TPSA) is 64.4 Å². The van der Waals surface area contributed by atoms with E-state index in [1.807, 2.05) is 13.8 Å². The fourth-order valence-corrected chi connectivity index (χ4v) is 1.56. The van der Waals surface area contributed by atoms with Crippen LogP contribution in [0.2, 0.25) is 0 Å². The number of rotatable bonds is 6. The van der Waals surface area contributed by atoms with E-state index in [1.165, 1.54) is 12.1 Å². The molecule has 0 amide bonds. The first-order chi connectivity index (χ1) is 8.43. The summed E-state index contributed by atoms with van der Waals surface area (Å²) in [5.74, 6) is -0.376. The van der Waals surface area contributed by atoms with Gasteiger partial charge in [-0.15, -0.1) is 0 Å². The summed E-state index contributed by atoms with van der Waals surface area (Å²) in [4.78, 5) is 10.0. The van der Waals surface area contributed by atoms with Crippen molar-refractivity contribution >= 4 is 11.4 Å². The van der Waals surface area contributed by atoms with Gasteiger partial charge in [0.1, 0.15) is 5.82 Å². The van der Waals surface area contributed by atoms with Crippen molar-refractivity contribution in [2.75, 3.05) is 19.0 Å². The molecule has 5 nitrogen and oxygen atoms in total. The number of hydrogen-bond acceptors (Lipinski definition) is 4. The van der Waals surface area contributed by atoms with Crippen LogP contribution < -0.4 is 5.32 Å². The van der Waals surface area contributed by atoms with Crippen molar-refractivity contribution in [1.82, 2.24) is 0 Å². The van der Waals surface area contributed by atoms with Gasteiger partial charge in [-0.2, -0.15) is 0 Å². The van der Waals surface area contributed by atoms with Crippen molar-refractivity contribution in [1.29, 1.82) is 0 Å². The van der Waals surface area contributed by atoms with Crippen molar-refractivity contribution in [3.05, 3.63) is 34.1 Å². The molecule has 0 bridgehead atoms. The summed E-state index contributed by atoms with van der Waals surface area (Å²) >= 11 is 0. The average Bonchev–Trinajstić information content (AvgIpc) is 2.27. The van der Waals surface area contributed by atoms with Crippen LogP contribution in [0.25, 0.3) is 0 Å². The van der Waals surface area contributed by atoms with Crippen LogP contribution in [0.4, 0.5) is 15.8 Å². The molecule has 1 aromatic carbocycles. The van der Waals surface area contributed by atoms with Gasteiger partial charge in [0.2, 0.25) is 0 Å². The molecular formula is C12H17FN2O3. The summed E-state index contributed by atoms with van der Waals surface area (Å²) in [5, 5.41) is 13.7. The number of hydrogen-bond donors (Lipinski definition) is 1. The van der Waals surface area contributed by atoms with Gasteiger partial charge in [0.05, 0.1) is 23.6 Å². The molecule has 0 spiro atoms. The largest absolute Gasteiger partial charge is 0.383 e. The number of ether oxygens (including phenoxy) is 1. The number of halogens is 1. The molecule has 0 aliphatic carbocycles. The van der Waals surface area contributed by atoms with Gasteiger partial charge in [0.15, 0.2) is 0 Å². The van der Waals surface area contributed by atoms with Gasteiger partial charge in [0, 0.05) is 18.9 Å². The highest BCUT2D eigenvalue weighted by molar-refractivity contribution is 5.52. The minimum absolute atomic E-state index is 0.0311. The van der Waals surface area contributed by atoms with E-state index in [2.05, 4.69) is 5.32 Å². The van der Waals surface area contributed by atoms with Crippen LogP contribution in [-0.4, -0.2) is 24.7 Å². The Kier molecular flexibility index (Phi) is 5.03. The Balaban J connectivity index is 2.91. The summed E-state index contributed by atoms with van der Waals surface area (Å²) in [6.07, 6.45) is 0. The first-order valence-electron chi connectivity index (χ1n) is 5.64. The molecule has 18 heavy (non-hydrogen) atoms. The first-order valence-corrected chi connectivity index (χ1v) is 5.64. The third kappa shape index (κ3) is 3.96. The molecule has 6 heteroatoms. The van der Waals surface area contributed by atoms with Gasteiger partial charge < -0.3 is 10.1 Å². The second-order valence-corrected chi connectivity index (χ2v) is 4.41. The van der Waals surface area contributed by atoms with Crippen LogP contribution in [0.5, 0.6) is 0 Å². The zero-order valence-electron chi connectivity index (χ0n) is 10.6. The maximum Gasteiger partial charge on any atom is 0.274 e. The number of non-ortho nitro benzene ring substituents is 1. The lowest BCUT2D eigenvalue weighted by Crippen LogP contribution is -2.30. The Morgan fingerprint density at radius 3 is 2.61 bits per heavy atom. The highest BCUT2D eigenvalue weighted by Gasteiger charge is 2.15. The van der Waals surface area contributed by atoms with E-state index in [1.54, 1.807) is 7.11 Å². The predicted octanol–water partition coefficient (Wildman–Crippen LogP) is 2.82. The highest BCUT2D eigenvalue weighted by Crippen LogP contribution is 2.21. The van der Waals surface area contributed by atoms with Crippen molar-refractivity contribution in [2.24, 2.45) is 5.92 Å². The maximum absolute atomic E-state index is 13.2. The summed E-state index contributed by atoms with van der Waals surface area (Å²) in [6, 6.07) is 3.41. The molecule has 0 aromatic heterocycles. The summed E-state index contributed by atoms with van der Waals surface area (Å²) in [6.45, 7) is 4.43. The van der Waals surface area contributed by atoms with E-state index in [4.69, 9.17) is 4.74 Å². The molecule has 0 aliphatic rings. The summed E-state index contributed by atoms with van der Waals surface area (Å²) in [7, 11) is 1.57. The van der Waals surface area contributed by atoms with Gasteiger partial charge in [-0.05, 0) is 12.0 Å². The number of nitro benzene ring substituents is 1. The summed E-state index contributed by atoms with van der Waals surface area (Å²) < 4.78 is 18.3. The molecule has 0 saturated carbocycles. The van der Waals surface area contributed by atoms with Crippen LogP contribution in [0.1, 0.15) is 13.8 Å². The smallest absolute Gasteiger partial charge is 0.274 e. The lowest BCUT2D eigenvalue weighted by atomic mass is 10.0. The minimum atomic E-state index is -0.633. The Hall–Kier alpha value is -1.69. The van der Waals surface area contributed by atoms with E-state index in [0.717, 1.165) is 6.07 Å². The van der Waals surface area contributed by atoms with E-state index < -0.39 is 10.7 Å². The Morgan fingerprint density at radius 1 is 1.44 bits per heavy atom. The zero-order chi connectivity index (χ0) is 13.7. The molecule has 1 atom stereocenters. The molecule has 1 N–H and O–H groups in total. The highest BCUT2D eigenvalue weighted by atomic mass is 19.1. The number of benzene rings is 1. The van der Waals surface area contributed by atoms with E-state index in [9.17, 15) is 14.5 Å². The normalized spacial score (nSPS) is 12.5. The number of anilines is 1. The van der Waals surface area contributed by atoms with Crippen LogP contribution in [0.15, 0.2) is 18.2 Å². The Labute approximate surface area is 105 Å². The molecule has 1 rings (SSSR count). The van der Waals surface area contributed by atoms with Gasteiger partial charge in [0.25, 0.3) is 5.69 Å². The number of nitro groups is 1. The van der Waals surface area contributed by atoms with E-state index >= 15 is 0 Å². The molecule has 100 valence electrons. The molecule has 0 heterocycles. The third-order valence-electron chi connectivity index (χ3n) is 2.60. The van der Waals surface area contributed by atoms with Crippen molar-refractivity contribution in [2.45, 2.75) is 19.9 Å². The maximum atomic E-state index is 13.2. The van der Waals surface area contributed by atoms with Crippen LogP contribution >= 0.6 is 0 Å². The standard InChI is InChI=1S/C12H17FN2O3/c1-8(2)12(7-18-3)14-10-4-9(13)5-11(6-10)15(16)17/h4-6,8,12,14H,7H2,1-3H3. The van der Waals surface area contributed by atoms with Crippen LogP contribution in [0.3, 0.4) is 0 Å². The SMILES string of the molecule is COCC(Nc1cc(F)cc([N+](=O)[O-])c1)C(C)C. The minimum Gasteiger partial charge on any atom is -0.383 e. The Morgan fingerprint density at radius 2 is 2.11 bits per heavy atom. The first kappa shape index (κ1) is 14.4. The average molecular weight is 256 g/mol. The molecule has 0 fully saturated rings. The molecule has 0 radical (unpaired) electrons. The monoisotopic (exact) mass is 256 g/mol. The molecule has 0 aliphatic heterocycles. The lowest BCUT2D eigenvalue weighted by molar-refractivity contribution is -0.385. The predicted molar refractivity (Wildman–Crippen MR) is 67.2 cm³/mol. The summed E-state index contributed by atoms with van der Waals surface area (Å²) in [5.41, 5.74) is 0.120. The zero-order valence-corrected chi connectivity index (χ0v) is 10.6. The molecular weight excluding hydrogens is 239 g/mol. The third-order valence-corrected chi connectivity index (χ3v) is 2.60. The molecule has 1 aromatic rings. The Bertz CT molecular complexity index is 424. The second-order valence-electron chi connectivity index (χ2n) is 4.41. The van der Waals surface area contributed by atoms with Gasteiger partial charge in [-0.1, -0.05) is 13.8 Å². The second kappa shape index (κ2) is 6.30. The van der Waals surface area contributed by atoms with E-state index in [0.29, 0.717) is 12.3 Å². The van der Waals surface area contributed by atoms with Crippen molar-refractivity contribution in [3.8, 4) is 0 Å². The van der Waals surface area contributed by atoms with Crippen molar-refractivity contribution in [3.63, 3.8) is 0 Å². The number of nitrogens with one attached hydrogen (secondary N) is 1. The van der Waals surface area contributed by atoms with Gasteiger partial charge >= 0.3 is 0 Å². The fourth-order valence-electron chi connectivity index (χ4n) is 1.56. The van der Waals surface area contributed by atoms with Gasteiger partial charge in [-0.25, -0.2) is 4.39 Å². The number of nitrogens with zero attached hydrogens (tertiary/aromatic N) is 1. The van der Waals surface area contributed by atoms with Gasteiger partial charge in [-0.3, -0.25) is 10.1 Å². The molecule has 0 saturated heterocycles. The van der Waals surface area contributed by atoms with Crippen LogP contribution in [0, 0.1) is 21.8 Å².